The van der Waals surface area contributed by atoms with E-state index < -0.39 is 0 Å². The molecule has 3 saturated carbocycles. The largest absolute Gasteiger partial charge is 0.391 e. The van der Waals surface area contributed by atoms with E-state index in [1.807, 2.05) is 13.8 Å². The van der Waals surface area contributed by atoms with Gasteiger partial charge in [-0.2, -0.15) is 0 Å². The Morgan fingerprint density at radius 2 is 2.15 bits per heavy atom. The number of carbonyl (C=O) groups excluding carboxylic acids is 1. The quantitative estimate of drug-likeness (QED) is 0.735. The van der Waals surface area contributed by atoms with Crippen LogP contribution < -0.4 is 11.1 Å². The fourth-order valence-electron chi connectivity index (χ4n) is 4.17. The van der Waals surface area contributed by atoms with E-state index in [2.05, 4.69) is 15.3 Å². The number of nitrogens with zero attached hydrogens (tertiary/aromatic N) is 2. The maximum atomic E-state index is 12.1. The normalized spacial score (nSPS) is 32.0. The van der Waals surface area contributed by atoms with Gasteiger partial charge in [-0.3, -0.25) is 4.79 Å². The van der Waals surface area contributed by atoms with Crippen LogP contribution in [0.15, 0.2) is 6.20 Å². The predicted molar refractivity (Wildman–Crippen MR) is 98.8 cm³/mol. The summed E-state index contributed by atoms with van der Waals surface area (Å²) >= 11 is 6.15. The Hall–Kier alpha value is -1.44. The van der Waals surface area contributed by atoms with Crippen LogP contribution in [0.25, 0.3) is 0 Å². The number of hydrogen-bond acceptors (Lipinski definition) is 6. The molecule has 8 heteroatoms. The van der Waals surface area contributed by atoms with Crippen LogP contribution in [0, 0.1) is 5.41 Å². The first-order valence-electron chi connectivity index (χ1n) is 9.12. The summed E-state index contributed by atoms with van der Waals surface area (Å²) < 4.78 is 4.93. The zero-order valence-corrected chi connectivity index (χ0v) is 16.1. The molecule has 1 atom stereocenters. The zero-order chi connectivity index (χ0) is 18.9. The van der Waals surface area contributed by atoms with E-state index in [0.717, 1.165) is 44.4 Å². The van der Waals surface area contributed by atoms with Gasteiger partial charge in [-0.1, -0.05) is 11.6 Å². The summed E-state index contributed by atoms with van der Waals surface area (Å²) in [6.45, 7) is 5.32. The maximum absolute atomic E-state index is 12.1. The molecule has 0 spiro atoms. The molecule has 1 unspecified atom stereocenters. The number of nitrogens with one attached hydrogen (secondary N) is 1. The molecule has 4 aliphatic rings. The highest BCUT2D eigenvalue weighted by molar-refractivity contribution is 6.31. The topological polar surface area (TPSA) is 110 Å². The molecule has 144 valence electrons. The van der Waals surface area contributed by atoms with Crippen molar-refractivity contribution < 1.29 is 14.6 Å². The van der Waals surface area contributed by atoms with Crippen molar-refractivity contribution in [3.05, 3.63) is 16.9 Å². The lowest BCUT2D eigenvalue weighted by molar-refractivity contribution is -0.177. The van der Waals surface area contributed by atoms with Crippen LogP contribution in [0.5, 0.6) is 0 Å². The standard InChI is InChI=1S/C13H17ClN4O.C5H10O2/c1-7(2)17-10(19)13-4-12(5-13,6-13)9-8(14)3-16-11(15)18-9;6-5-2-1-3-7-4-5/h3,7H,4-6H2,1-2H3,(H,17,19)(H2,15,16,18);5-6H,1-4H2. The fraction of sp³-hybridized carbons (Fsp3) is 0.722. The minimum Gasteiger partial charge on any atom is -0.391 e. The first-order chi connectivity index (χ1) is 12.3. The Kier molecular flexibility index (Phi) is 5.42. The minimum atomic E-state index is -0.201. The molecule has 2 heterocycles. The Balaban J connectivity index is 0.000000236. The number of hydrogen-bond donors (Lipinski definition) is 3. The van der Waals surface area contributed by atoms with Crippen LogP contribution in [-0.2, 0) is 14.9 Å². The summed E-state index contributed by atoms with van der Waals surface area (Å²) in [5.41, 5.74) is 6.17. The lowest BCUT2D eigenvalue weighted by atomic mass is 9.34. The Labute approximate surface area is 158 Å². The monoisotopic (exact) mass is 382 g/mol. The number of anilines is 1. The van der Waals surface area contributed by atoms with Gasteiger partial charge in [0.2, 0.25) is 11.9 Å². The fourth-order valence-corrected chi connectivity index (χ4v) is 4.46. The highest BCUT2D eigenvalue weighted by atomic mass is 35.5. The summed E-state index contributed by atoms with van der Waals surface area (Å²) in [6, 6.07) is 0.177. The van der Waals surface area contributed by atoms with Crippen molar-refractivity contribution >= 4 is 23.5 Å². The van der Waals surface area contributed by atoms with Gasteiger partial charge >= 0.3 is 0 Å². The average molecular weight is 383 g/mol. The SMILES string of the molecule is CC(C)NC(=O)C12CC(c3nc(N)ncc3Cl)(C1)C2.OC1CCCOC1. The van der Waals surface area contributed by atoms with Gasteiger partial charge in [-0.15, -0.1) is 0 Å². The molecule has 1 aromatic heterocycles. The summed E-state index contributed by atoms with van der Waals surface area (Å²) in [5.74, 6) is 0.396. The first kappa shape index (κ1) is 19.3. The number of aliphatic hydroxyl groups is 1. The van der Waals surface area contributed by atoms with E-state index in [0.29, 0.717) is 11.6 Å². The van der Waals surface area contributed by atoms with Crippen molar-refractivity contribution in [3.63, 3.8) is 0 Å². The Morgan fingerprint density at radius 3 is 2.65 bits per heavy atom. The summed E-state index contributed by atoms with van der Waals surface area (Å²) in [5, 5.41) is 12.3. The number of carbonyl (C=O) groups is 1. The number of amides is 1. The van der Waals surface area contributed by atoms with Crippen LogP contribution >= 0.6 is 11.6 Å². The Morgan fingerprint density at radius 1 is 1.46 bits per heavy atom. The molecule has 4 fully saturated rings. The van der Waals surface area contributed by atoms with E-state index in [1.165, 1.54) is 0 Å². The number of aromatic nitrogens is 2. The highest BCUT2D eigenvalue weighted by Crippen LogP contribution is 2.74. The molecule has 1 aliphatic heterocycles. The van der Waals surface area contributed by atoms with Gasteiger partial charge in [0.25, 0.3) is 0 Å². The van der Waals surface area contributed by atoms with Crippen molar-refractivity contribution in [1.82, 2.24) is 15.3 Å². The van der Waals surface area contributed by atoms with Gasteiger partial charge in [0.05, 0.1) is 35.0 Å². The third kappa shape index (κ3) is 3.66. The molecule has 2 bridgehead atoms. The van der Waals surface area contributed by atoms with Crippen molar-refractivity contribution in [2.45, 2.75) is 63.5 Å². The molecular formula is C18H27ClN4O3. The van der Waals surface area contributed by atoms with Crippen LogP contribution in [0.4, 0.5) is 5.95 Å². The molecule has 1 aromatic rings. The van der Waals surface area contributed by atoms with E-state index in [9.17, 15) is 4.79 Å². The van der Waals surface area contributed by atoms with Crippen LogP contribution in [0.2, 0.25) is 5.02 Å². The number of ether oxygens (including phenoxy) is 1. The molecule has 5 rings (SSSR count). The van der Waals surface area contributed by atoms with Gasteiger partial charge in [0, 0.05) is 18.1 Å². The smallest absolute Gasteiger partial charge is 0.226 e. The molecular weight excluding hydrogens is 356 g/mol. The number of nitrogens with two attached hydrogens (primary N) is 1. The minimum absolute atomic E-state index is 0.0531. The van der Waals surface area contributed by atoms with E-state index in [1.54, 1.807) is 6.20 Å². The summed E-state index contributed by atoms with van der Waals surface area (Å²) in [7, 11) is 0. The van der Waals surface area contributed by atoms with E-state index in [-0.39, 0.29) is 34.8 Å². The third-order valence-corrected chi connectivity index (χ3v) is 5.61. The highest BCUT2D eigenvalue weighted by Gasteiger charge is 2.73. The van der Waals surface area contributed by atoms with E-state index in [4.69, 9.17) is 27.2 Å². The Bertz CT molecular complexity index is 657. The molecule has 1 amide bonds. The second-order valence-electron chi connectivity index (χ2n) is 8.01. The van der Waals surface area contributed by atoms with Crippen LogP contribution in [0.1, 0.15) is 51.6 Å². The van der Waals surface area contributed by atoms with Gasteiger partial charge < -0.3 is 20.9 Å². The van der Waals surface area contributed by atoms with Gasteiger partial charge in [0.15, 0.2) is 0 Å². The maximum Gasteiger partial charge on any atom is 0.226 e. The van der Waals surface area contributed by atoms with Crippen molar-refractivity contribution in [1.29, 1.82) is 0 Å². The van der Waals surface area contributed by atoms with Crippen molar-refractivity contribution in [2.75, 3.05) is 18.9 Å². The van der Waals surface area contributed by atoms with Gasteiger partial charge in [-0.25, -0.2) is 9.97 Å². The summed E-state index contributed by atoms with van der Waals surface area (Å²) in [4.78, 5) is 20.3. The molecule has 1 saturated heterocycles. The first-order valence-corrected chi connectivity index (χ1v) is 9.49. The second-order valence-corrected chi connectivity index (χ2v) is 8.42. The predicted octanol–water partition coefficient (Wildman–Crippen LogP) is 1.82. The zero-order valence-electron chi connectivity index (χ0n) is 15.3. The molecule has 3 aliphatic carbocycles. The van der Waals surface area contributed by atoms with Crippen molar-refractivity contribution in [3.8, 4) is 0 Å². The number of rotatable bonds is 3. The average Bonchev–Trinajstić information content (AvgIpc) is 2.49. The van der Waals surface area contributed by atoms with Crippen molar-refractivity contribution in [2.24, 2.45) is 5.41 Å². The number of halogens is 1. The molecule has 4 N–H and O–H groups in total. The van der Waals surface area contributed by atoms with E-state index >= 15 is 0 Å². The third-order valence-electron chi connectivity index (χ3n) is 5.33. The van der Waals surface area contributed by atoms with Gasteiger partial charge in [0.1, 0.15) is 0 Å². The van der Waals surface area contributed by atoms with Crippen LogP contribution in [-0.4, -0.2) is 46.3 Å². The van der Waals surface area contributed by atoms with Gasteiger partial charge in [-0.05, 0) is 46.0 Å². The lowest BCUT2D eigenvalue weighted by Crippen LogP contribution is -2.70. The molecule has 0 radical (unpaired) electrons. The molecule has 26 heavy (non-hydrogen) atoms. The number of nitrogen functional groups attached to an aromatic ring is 1. The summed E-state index contributed by atoms with van der Waals surface area (Å²) in [6.07, 6.45) is 5.73. The molecule has 0 aromatic carbocycles. The molecule has 7 nitrogen and oxygen atoms in total. The number of aliphatic hydroxyl groups excluding tert-OH is 1. The van der Waals surface area contributed by atoms with Crippen LogP contribution in [0.3, 0.4) is 0 Å². The second kappa shape index (κ2) is 7.29. The lowest BCUT2D eigenvalue weighted by Gasteiger charge is -2.69.